The molecule has 1 aliphatic carbocycles. The first-order valence-electron chi connectivity index (χ1n) is 25.7. The molecule has 0 aliphatic heterocycles. The standard InChI is InChI=1S/C72H51FN2O/c1-4-49-17-21-51(22-18-49)53-25-43-70-66(45-53)67-46-54(26-44-71(67)75(70)58-11-7-6-8-12-58)52-23-33-59(34-24-52)74(60-35-31-57(73)32-36-60)61-37-42-65-64-13-9-10-14-68(64)72(69(65)47-61,55-27-15-48(3)16-28-55)56-29-40-63(41-30-56)76-62-38-19-50(5-2)20-39-62/h4-47H,1-2H2,3H3. The Morgan fingerprint density at radius 2 is 0.908 bits per heavy atom. The quantitative estimate of drug-likeness (QED) is 0.121. The molecule has 1 aromatic heterocycles. The maximum Gasteiger partial charge on any atom is 0.127 e. The van der Waals surface area contributed by atoms with Crippen LogP contribution in [0.5, 0.6) is 11.5 Å². The second-order valence-electron chi connectivity index (χ2n) is 19.6. The SMILES string of the molecule is C=Cc1ccc(Oc2ccc(C3(c4ccc(C)cc4)c4ccccc4-c4ccc(N(c5ccc(F)cc5)c5ccc(-c6ccc7c(c6)c6cc(-c8ccc(C=C)cc8)ccc6n7-c6ccccc6)cc5)cc43)cc2)cc1. The van der Waals surface area contributed by atoms with Gasteiger partial charge in [0.1, 0.15) is 17.3 Å². The van der Waals surface area contributed by atoms with E-state index in [1.165, 1.54) is 45.2 Å². The average molecular weight is 979 g/mol. The highest BCUT2D eigenvalue weighted by Gasteiger charge is 2.46. The van der Waals surface area contributed by atoms with Gasteiger partial charge >= 0.3 is 0 Å². The predicted molar refractivity (Wildman–Crippen MR) is 315 cm³/mol. The number of para-hydroxylation sites is 1. The summed E-state index contributed by atoms with van der Waals surface area (Å²) in [6, 6.07) is 89.4. The fourth-order valence-electron chi connectivity index (χ4n) is 11.5. The van der Waals surface area contributed by atoms with Gasteiger partial charge in [0.05, 0.1) is 16.4 Å². The first-order chi connectivity index (χ1) is 37.4. The molecule has 11 aromatic carbocycles. The predicted octanol–water partition coefficient (Wildman–Crippen LogP) is 19.5. The molecule has 0 amide bonds. The van der Waals surface area contributed by atoms with Crippen molar-refractivity contribution in [2.24, 2.45) is 0 Å². The van der Waals surface area contributed by atoms with Crippen molar-refractivity contribution in [2.75, 3.05) is 4.90 Å². The first kappa shape index (κ1) is 46.0. The zero-order valence-corrected chi connectivity index (χ0v) is 42.0. The van der Waals surface area contributed by atoms with Crippen LogP contribution in [0.1, 0.15) is 38.9 Å². The first-order valence-corrected chi connectivity index (χ1v) is 25.7. The van der Waals surface area contributed by atoms with Crippen molar-refractivity contribution in [3.63, 3.8) is 0 Å². The van der Waals surface area contributed by atoms with Crippen LogP contribution in [0.25, 0.3) is 73.0 Å². The lowest BCUT2D eigenvalue weighted by molar-refractivity contribution is 0.482. The van der Waals surface area contributed by atoms with Gasteiger partial charge in [-0.15, -0.1) is 0 Å². The monoisotopic (exact) mass is 978 g/mol. The van der Waals surface area contributed by atoms with E-state index in [4.69, 9.17) is 4.74 Å². The summed E-state index contributed by atoms with van der Waals surface area (Å²) in [5.74, 6) is 1.22. The lowest BCUT2D eigenvalue weighted by Crippen LogP contribution is -2.28. The van der Waals surface area contributed by atoms with Gasteiger partial charge in [-0.3, -0.25) is 0 Å². The summed E-state index contributed by atoms with van der Waals surface area (Å²) in [7, 11) is 0. The Morgan fingerprint density at radius 3 is 1.50 bits per heavy atom. The van der Waals surface area contributed by atoms with Crippen LogP contribution in [0.2, 0.25) is 0 Å². The number of rotatable bonds is 12. The minimum absolute atomic E-state index is 0.287. The van der Waals surface area contributed by atoms with Crippen LogP contribution in [0.4, 0.5) is 21.5 Å². The van der Waals surface area contributed by atoms with Crippen LogP contribution in [-0.2, 0) is 5.41 Å². The van der Waals surface area contributed by atoms with Gasteiger partial charge in [0.25, 0.3) is 0 Å². The van der Waals surface area contributed by atoms with Gasteiger partial charge in [-0.25, -0.2) is 4.39 Å². The van der Waals surface area contributed by atoms with E-state index in [1.54, 1.807) is 0 Å². The topological polar surface area (TPSA) is 17.4 Å². The number of fused-ring (bicyclic) bond motifs is 6. The number of halogens is 1. The van der Waals surface area contributed by atoms with Gasteiger partial charge in [-0.1, -0.05) is 176 Å². The van der Waals surface area contributed by atoms with E-state index in [0.717, 1.165) is 95.4 Å². The molecule has 1 unspecified atom stereocenters. The molecular formula is C72H51FN2O. The highest BCUT2D eigenvalue weighted by Crippen LogP contribution is 2.57. The fourth-order valence-corrected chi connectivity index (χ4v) is 11.5. The number of hydrogen-bond acceptors (Lipinski definition) is 2. The van der Waals surface area contributed by atoms with Crippen LogP contribution in [0.15, 0.2) is 268 Å². The Kier molecular flexibility index (Phi) is 11.5. The highest BCUT2D eigenvalue weighted by molar-refractivity contribution is 6.11. The van der Waals surface area contributed by atoms with Gasteiger partial charge in [-0.05, 0) is 183 Å². The molecule has 1 heterocycles. The fraction of sp³-hybridized carbons (Fsp3) is 0.0278. The van der Waals surface area contributed by atoms with Crippen molar-refractivity contribution in [3.05, 3.63) is 313 Å². The minimum atomic E-state index is -0.683. The normalized spacial score (nSPS) is 13.6. The third kappa shape index (κ3) is 7.91. The molecule has 3 nitrogen and oxygen atoms in total. The van der Waals surface area contributed by atoms with Gasteiger partial charge in [-0.2, -0.15) is 0 Å². The maximum absolute atomic E-state index is 14.8. The van der Waals surface area contributed by atoms with Crippen LogP contribution >= 0.6 is 0 Å². The molecule has 362 valence electrons. The Balaban J connectivity index is 0.928. The largest absolute Gasteiger partial charge is 0.457 e. The molecule has 1 atom stereocenters. The van der Waals surface area contributed by atoms with Crippen molar-refractivity contribution in [1.82, 2.24) is 4.57 Å². The van der Waals surface area contributed by atoms with Gasteiger partial charge < -0.3 is 14.2 Å². The molecule has 0 spiro atoms. The molecule has 0 N–H and O–H groups in total. The summed E-state index contributed by atoms with van der Waals surface area (Å²) >= 11 is 0. The van der Waals surface area contributed by atoms with Gasteiger partial charge in [0.15, 0.2) is 0 Å². The Morgan fingerprint density at radius 1 is 0.434 bits per heavy atom. The molecular weight excluding hydrogens is 928 g/mol. The molecule has 0 saturated carbocycles. The second-order valence-corrected chi connectivity index (χ2v) is 19.6. The van der Waals surface area contributed by atoms with E-state index in [2.05, 4.69) is 236 Å². The Bertz CT molecular complexity index is 4140. The summed E-state index contributed by atoms with van der Waals surface area (Å²) in [6.45, 7) is 9.98. The third-order valence-electron chi connectivity index (χ3n) is 15.2. The molecule has 13 rings (SSSR count). The van der Waals surface area contributed by atoms with E-state index in [0.29, 0.717) is 0 Å². The maximum atomic E-state index is 14.8. The Hall–Kier alpha value is -9.77. The van der Waals surface area contributed by atoms with E-state index in [9.17, 15) is 4.39 Å². The van der Waals surface area contributed by atoms with E-state index in [-0.39, 0.29) is 5.82 Å². The van der Waals surface area contributed by atoms with Crippen LogP contribution in [0.3, 0.4) is 0 Å². The number of aryl methyl sites for hydroxylation is 1. The van der Waals surface area contributed by atoms with Crippen molar-refractivity contribution in [3.8, 4) is 50.6 Å². The summed E-state index contributed by atoms with van der Waals surface area (Å²) < 4.78 is 23.6. The van der Waals surface area contributed by atoms with Gasteiger partial charge in [0.2, 0.25) is 0 Å². The summed E-state index contributed by atoms with van der Waals surface area (Å²) in [5, 5.41) is 2.36. The van der Waals surface area contributed by atoms with Crippen LogP contribution in [0, 0.1) is 12.7 Å². The molecule has 4 heteroatoms. The molecule has 0 radical (unpaired) electrons. The van der Waals surface area contributed by atoms with E-state index >= 15 is 0 Å². The van der Waals surface area contributed by atoms with Crippen LogP contribution in [-0.4, -0.2) is 4.57 Å². The van der Waals surface area contributed by atoms with E-state index in [1.807, 2.05) is 48.6 Å². The molecule has 0 saturated heterocycles. The zero-order chi connectivity index (χ0) is 51.3. The number of anilines is 3. The number of nitrogens with zero attached hydrogens (tertiary/aromatic N) is 2. The Labute approximate surface area is 443 Å². The van der Waals surface area contributed by atoms with Crippen molar-refractivity contribution in [2.45, 2.75) is 12.3 Å². The second kappa shape index (κ2) is 18.9. The lowest BCUT2D eigenvalue weighted by atomic mass is 9.67. The number of benzene rings is 11. The summed E-state index contributed by atoms with van der Waals surface area (Å²) in [5.41, 5.74) is 20.3. The summed E-state index contributed by atoms with van der Waals surface area (Å²) in [6.07, 6.45) is 3.71. The molecule has 0 bridgehead atoms. The number of hydrogen-bond donors (Lipinski definition) is 0. The molecule has 12 aromatic rings. The highest BCUT2D eigenvalue weighted by atomic mass is 19.1. The minimum Gasteiger partial charge on any atom is -0.457 e. The van der Waals surface area contributed by atoms with Crippen molar-refractivity contribution < 1.29 is 9.13 Å². The average Bonchev–Trinajstić information content (AvgIpc) is 4.02. The van der Waals surface area contributed by atoms with Crippen LogP contribution < -0.4 is 9.64 Å². The number of aromatic nitrogens is 1. The summed E-state index contributed by atoms with van der Waals surface area (Å²) in [4.78, 5) is 2.24. The van der Waals surface area contributed by atoms with Gasteiger partial charge in [0, 0.05) is 33.5 Å². The molecule has 76 heavy (non-hydrogen) atoms. The third-order valence-corrected chi connectivity index (χ3v) is 15.2. The van der Waals surface area contributed by atoms with Crippen molar-refractivity contribution >= 4 is 51.0 Å². The zero-order valence-electron chi connectivity index (χ0n) is 42.0. The van der Waals surface area contributed by atoms with Crippen molar-refractivity contribution in [1.29, 1.82) is 0 Å². The van der Waals surface area contributed by atoms with E-state index < -0.39 is 5.41 Å². The molecule has 0 fully saturated rings. The number of ether oxygens (including phenoxy) is 1. The molecule has 1 aliphatic rings. The lowest BCUT2D eigenvalue weighted by Gasteiger charge is -2.35. The smallest absolute Gasteiger partial charge is 0.127 e.